The van der Waals surface area contributed by atoms with Gasteiger partial charge in [0.2, 0.25) is 0 Å². The average molecular weight is 956 g/mol. The molecule has 0 aliphatic carbocycles. The summed E-state index contributed by atoms with van der Waals surface area (Å²) in [6, 6.07) is 0. The van der Waals surface area contributed by atoms with Crippen molar-refractivity contribution < 1.29 is 28.6 Å². The topological polar surface area (TPSA) is 78.9 Å². The zero-order chi connectivity index (χ0) is 49.3. The number of carbonyl (C=O) groups excluding carboxylic acids is 3. The fraction of sp³-hybridized carbons (Fsp3) is 0.855. The van der Waals surface area contributed by atoms with Crippen LogP contribution in [-0.2, 0) is 28.6 Å². The highest BCUT2D eigenvalue weighted by Gasteiger charge is 2.19. The van der Waals surface area contributed by atoms with Crippen molar-refractivity contribution in [1.82, 2.24) is 0 Å². The van der Waals surface area contributed by atoms with Crippen LogP contribution < -0.4 is 0 Å². The van der Waals surface area contributed by atoms with Gasteiger partial charge in [0.25, 0.3) is 0 Å². The molecule has 0 radical (unpaired) electrons. The lowest BCUT2D eigenvalue weighted by atomic mass is 10.0. The van der Waals surface area contributed by atoms with Crippen LogP contribution in [0.15, 0.2) is 36.5 Å². The predicted octanol–water partition coefficient (Wildman–Crippen LogP) is 20.0. The van der Waals surface area contributed by atoms with Gasteiger partial charge in [-0.15, -0.1) is 0 Å². The molecule has 0 fully saturated rings. The van der Waals surface area contributed by atoms with E-state index in [1.807, 2.05) is 0 Å². The molecule has 0 saturated carbocycles. The summed E-state index contributed by atoms with van der Waals surface area (Å²) in [4.78, 5) is 37.9. The van der Waals surface area contributed by atoms with E-state index in [1.54, 1.807) is 0 Å². The number of rotatable bonds is 55. The van der Waals surface area contributed by atoms with E-state index in [9.17, 15) is 14.4 Å². The number of allylic oxidation sites excluding steroid dienone is 6. The summed E-state index contributed by atoms with van der Waals surface area (Å²) < 4.78 is 16.7. The van der Waals surface area contributed by atoms with Crippen LogP contribution in [0.5, 0.6) is 0 Å². The molecule has 0 aromatic rings. The van der Waals surface area contributed by atoms with Crippen molar-refractivity contribution in [2.45, 2.75) is 329 Å². The monoisotopic (exact) mass is 955 g/mol. The number of hydrogen-bond acceptors (Lipinski definition) is 6. The maximum atomic E-state index is 12.7. The van der Waals surface area contributed by atoms with Gasteiger partial charge in [-0.2, -0.15) is 0 Å². The molecule has 0 spiro atoms. The molecule has 0 aromatic carbocycles. The van der Waals surface area contributed by atoms with Gasteiger partial charge in [-0.3, -0.25) is 14.4 Å². The Hall–Kier alpha value is -2.37. The summed E-state index contributed by atoms with van der Waals surface area (Å²) in [5, 5.41) is 0. The number of hydrogen-bond donors (Lipinski definition) is 0. The van der Waals surface area contributed by atoms with Gasteiger partial charge in [-0.1, -0.05) is 288 Å². The van der Waals surface area contributed by atoms with Gasteiger partial charge < -0.3 is 14.2 Å². The zero-order valence-electron chi connectivity index (χ0n) is 45.6. The van der Waals surface area contributed by atoms with Crippen molar-refractivity contribution in [3.8, 4) is 0 Å². The number of unbranched alkanes of at least 4 members (excludes halogenated alkanes) is 38. The fourth-order valence-corrected chi connectivity index (χ4v) is 8.93. The van der Waals surface area contributed by atoms with Crippen LogP contribution >= 0.6 is 0 Å². The molecule has 6 heteroatoms. The molecule has 0 aromatic heterocycles. The molecule has 0 rings (SSSR count). The minimum Gasteiger partial charge on any atom is -0.462 e. The van der Waals surface area contributed by atoms with Gasteiger partial charge in [0, 0.05) is 19.3 Å². The summed E-state index contributed by atoms with van der Waals surface area (Å²) >= 11 is 0. The van der Waals surface area contributed by atoms with Crippen LogP contribution in [0.25, 0.3) is 0 Å². The fourth-order valence-electron chi connectivity index (χ4n) is 8.93. The average Bonchev–Trinajstić information content (AvgIpc) is 3.34. The SMILES string of the molecule is CC/C=C\C/C=C\C/C=C\CCCCCC(=O)OC(COC(=O)CCCCCCCCC)COC(=O)CCCCCCCCCCCCCCCCCCCCCCCCCCCCCCCC. The molecule has 6 nitrogen and oxygen atoms in total. The molecule has 1 atom stereocenters. The third kappa shape index (κ3) is 54.6. The van der Waals surface area contributed by atoms with Gasteiger partial charge in [0.15, 0.2) is 6.10 Å². The van der Waals surface area contributed by atoms with Crippen LogP contribution in [0, 0.1) is 0 Å². The van der Waals surface area contributed by atoms with Crippen LogP contribution in [0.3, 0.4) is 0 Å². The van der Waals surface area contributed by atoms with Crippen molar-refractivity contribution in [3.05, 3.63) is 36.5 Å². The maximum Gasteiger partial charge on any atom is 0.306 e. The van der Waals surface area contributed by atoms with Gasteiger partial charge in [0.1, 0.15) is 13.2 Å². The molecule has 0 saturated heterocycles. The van der Waals surface area contributed by atoms with E-state index in [2.05, 4.69) is 57.2 Å². The minimum absolute atomic E-state index is 0.0804. The lowest BCUT2D eigenvalue weighted by Crippen LogP contribution is -2.30. The van der Waals surface area contributed by atoms with Crippen molar-refractivity contribution in [1.29, 1.82) is 0 Å². The van der Waals surface area contributed by atoms with Crippen molar-refractivity contribution in [2.75, 3.05) is 13.2 Å². The van der Waals surface area contributed by atoms with Gasteiger partial charge in [-0.05, 0) is 51.4 Å². The highest BCUT2D eigenvalue weighted by molar-refractivity contribution is 5.71. The standard InChI is InChI=1S/C62H114O6/c1-4-7-10-13-16-18-20-22-23-24-25-26-27-28-29-30-31-32-33-34-35-36-37-38-40-41-43-46-49-52-55-61(64)67-58-59(57-66-60(63)54-51-48-45-15-12-9-6-3)68-62(65)56-53-50-47-44-42-39-21-19-17-14-11-8-5-2/h8,11,17,19,39,42,59H,4-7,9-10,12-16,18,20-38,40-41,43-58H2,1-3H3/b11-8-,19-17-,42-39-. The summed E-state index contributed by atoms with van der Waals surface area (Å²) in [5.41, 5.74) is 0. The maximum absolute atomic E-state index is 12.7. The van der Waals surface area contributed by atoms with Gasteiger partial charge >= 0.3 is 17.9 Å². The number of ether oxygens (including phenoxy) is 3. The smallest absolute Gasteiger partial charge is 0.306 e. The van der Waals surface area contributed by atoms with Crippen molar-refractivity contribution in [3.63, 3.8) is 0 Å². The Balaban J connectivity index is 3.97. The second kappa shape index (κ2) is 57.2. The molecule has 0 aliphatic rings. The van der Waals surface area contributed by atoms with E-state index in [0.717, 1.165) is 83.5 Å². The molecule has 0 N–H and O–H groups in total. The molecule has 398 valence electrons. The van der Waals surface area contributed by atoms with E-state index in [1.165, 1.54) is 199 Å². The Kier molecular flexibility index (Phi) is 55.2. The molecule has 0 amide bonds. The Labute approximate surface area is 423 Å². The lowest BCUT2D eigenvalue weighted by Gasteiger charge is -2.18. The largest absolute Gasteiger partial charge is 0.462 e. The number of carbonyl (C=O) groups is 3. The normalized spacial score (nSPS) is 12.2. The molecular formula is C62H114O6. The predicted molar refractivity (Wildman–Crippen MR) is 293 cm³/mol. The Bertz CT molecular complexity index is 1140. The quantitative estimate of drug-likeness (QED) is 0.0262. The van der Waals surface area contributed by atoms with Gasteiger partial charge in [0.05, 0.1) is 0 Å². The Morgan fingerprint density at radius 2 is 0.574 bits per heavy atom. The first-order valence-corrected chi connectivity index (χ1v) is 30.0. The molecule has 68 heavy (non-hydrogen) atoms. The second-order valence-corrected chi connectivity index (χ2v) is 20.2. The zero-order valence-corrected chi connectivity index (χ0v) is 45.6. The number of esters is 3. The Morgan fingerprint density at radius 1 is 0.309 bits per heavy atom. The minimum atomic E-state index is -0.781. The first-order chi connectivity index (χ1) is 33.5. The van der Waals surface area contributed by atoms with E-state index >= 15 is 0 Å². The summed E-state index contributed by atoms with van der Waals surface area (Å²) in [6.07, 6.45) is 69.2. The second-order valence-electron chi connectivity index (χ2n) is 20.2. The van der Waals surface area contributed by atoms with Crippen molar-refractivity contribution >= 4 is 17.9 Å². The van der Waals surface area contributed by atoms with E-state index in [4.69, 9.17) is 14.2 Å². The third-order valence-electron chi connectivity index (χ3n) is 13.4. The van der Waals surface area contributed by atoms with Crippen LogP contribution in [0.2, 0.25) is 0 Å². The Morgan fingerprint density at radius 3 is 0.897 bits per heavy atom. The lowest BCUT2D eigenvalue weighted by molar-refractivity contribution is -0.167. The van der Waals surface area contributed by atoms with Crippen LogP contribution in [0.1, 0.15) is 323 Å². The van der Waals surface area contributed by atoms with Crippen molar-refractivity contribution in [2.24, 2.45) is 0 Å². The summed E-state index contributed by atoms with van der Waals surface area (Å²) in [6.45, 7) is 6.49. The molecule has 0 bridgehead atoms. The molecular weight excluding hydrogens is 841 g/mol. The van der Waals surface area contributed by atoms with Gasteiger partial charge in [-0.25, -0.2) is 0 Å². The van der Waals surface area contributed by atoms with E-state index in [-0.39, 0.29) is 31.1 Å². The first kappa shape index (κ1) is 65.6. The first-order valence-electron chi connectivity index (χ1n) is 30.0. The highest BCUT2D eigenvalue weighted by Crippen LogP contribution is 2.18. The molecule has 0 aliphatic heterocycles. The molecule has 1 unspecified atom stereocenters. The summed E-state index contributed by atoms with van der Waals surface area (Å²) in [7, 11) is 0. The summed E-state index contributed by atoms with van der Waals surface area (Å²) in [5.74, 6) is -0.903. The third-order valence-corrected chi connectivity index (χ3v) is 13.4. The van der Waals surface area contributed by atoms with Crippen LogP contribution in [0.4, 0.5) is 0 Å². The van der Waals surface area contributed by atoms with E-state index in [0.29, 0.717) is 19.3 Å². The van der Waals surface area contributed by atoms with Crippen LogP contribution in [-0.4, -0.2) is 37.2 Å². The van der Waals surface area contributed by atoms with E-state index < -0.39 is 6.10 Å². The highest BCUT2D eigenvalue weighted by atomic mass is 16.6. The molecule has 0 heterocycles.